The Kier molecular flexibility index (Phi) is 14.2. The zero-order valence-corrected chi connectivity index (χ0v) is 33.2. The molecule has 0 saturated carbocycles. The third-order valence-corrected chi connectivity index (χ3v) is 15.3. The van der Waals surface area contributed by atoms with Crippen LogP contribution in [0.2, 0.25) is 24.7 Å². The monoisotopic (exact) mass is 718 g/mol. The Hall–Kier alpha value is -3.06. The molecule has 1 fully saturated rings. The number of methoxy groups -OCH3 is 1. The normalized spacial score (nSPS) is 18.4. The molecule has 0 amide bonds. The van der Waals surface area contributed by atoms with E-state index in [2.05, 4.69) is 108 Å². The molecule has 4 unspecified atom stereocenters. The van der Waals surface area contributed by atoms with E-state index in [1.165, 1.54) is 10.4 Å². The van der Waals surface area contributed by atoms with Gasteiger partial charge in [-0.25, -0.2) is 0 Å². The highest BCUT2D eigenvalue weighted by Gasteiger charge is 2.50. The first kappa shape index (κ1) is 39.7. The zero-order valence-electron chi connectivity index (χ0n) is 31.2. The van der Waals surface area contributed by atoms with Gasteiger partial charge < -0.3 is 28.2 Å². The van der Waals surface area contributed by atoms with Crippen molar-refractivity contribution in [2.24, 2.45) is 0 Å². The summed E-state index contributed by atoms with van der Waals surface area (Å²) in [5.74, 6) is -0.0456. The van der Waals surface area contributed by atoms with Crippen LogP contribution in [0.3, 0.4) is 0 Å². The summed E-state index contributed by atoms with van der Waals surface area (Å²) in [4.78, 5) is 11.7. The van der Waals surface area contributed by atoms with E-state index in [9.17, 15) is 9.90 Å². The molecule has 0 aromatic heterocycles. The fraction of sp³-hybridized carbons (Fsp3) is 0.488. The van der Waals surface area contributed by atoms with E-state index in [1.54, 1.807) is 7.11 Å². The molecule has 272 valence electrons. The third-order valence-electron chi connectivity index (χ3n) is 9.21. The quantitative estimate of drug-likeness (QED) is 0.105. The summed E-state index contributed by atoms with van der Waals surface area (Å²) in [5.41, 5.74) is 2.18. The maximum atomic E-state index is 11.7. The summed E-state index contributed by atoms with van der Waals surface area (Å²) >= 11 is 0. The van der Waals surface area contributed by atoms with Crippen LogP contribution in [0, 0.1) is 0 Å². The van der Waals surface area contributed by atoms with Crippen LogP contribution in [-0.2, 0) is 29.7 Å². The zero-order chi connectivity index (χ0) is 36.4. The van der Waals surface area contributed by atoms with Crippen molar-refractivity contribution in [1.29, 1.82) is 0 Å². The van der Waals surface area contributed by atoms with Crippen LogP contribution in [0.25, 0.3) is 0 Å². The number of carboxylic acids is 1. The lowest BCUT2D eigenvalue weighted by Crippen LogP contribution is -2.66. The van der Waals surface area contributed by atoms with Crippen LogP contribution in [0.5, 0.6) is 5.75 Å². The molecule has 3 aromatic rings. The largest absolute Gasteiger partial charge is 0.497 e. The molecule has 0 spiro atoms. The van der Waals surface area contributed by atoms with Crippen molar-refractivity contribution in [3.8, 4) is 5.75 Å². The van der Waals surface area contributed by atoms with Gasteiger partial charge in [0.15, 0.2) is 8.32 Å². The standard InChI is InChI=1S/C41H58O7Si2/c1-31-25-35(47-36(26-31)28-37(29-40(42)43)48-49(6,7)8)27-34(45-30-32-19-21-33(44-5)22-20-32)23-24-46-50(41(2,3)4,38-15-11-9-12-16-38)39-17-13-10-14-18-39/h9-22,34-37H,1,23-30H2,2-8H3,(H,42,43). The first-order chi connectivity index (χ1) is 23.7. The van der Waals surface area contributed by atoms with Gasteiger partial charge in [0.1, 0.15) is 5.75 Å². The predicted octanol–water partition coefficient (Wildman–Crippen LogP) is 8.13. The topological polar surface area (TPSA) is 83.5 Å². The van der Waals surface area contributed by atoms with Gasteiger partial charge in [0, 0.05) is 13.0 Å². The van der Waals surface area contributed by atoms with Gasteiger partial charge in [-0.3, -0.25) is 4.79 Å². The van der Waals surface area contributed by atoms with Crippen LogP contribution in [0.15, 0.2) is 97.1 Å². The van der Waals surface area contributed by atoms with Crippen LogP contribution in [-0.4, -0.2) is 65.8 Å². The number of aliphatic carboxylic acids is 1. The maximum Gasteiger partial charge on any atom is 0.305 e. The third kappa shape index (κ3) is 11.5. The summed E-state index contributed by atoms with van der Waals surface area (Å²) in [6, 6.07) is 29.4. The minimum absolute atomic E-state index is 0.0333. The summed E-state index contributed by atoms with van der Waals surface area (Å²) in [6.07, 6.45) is 2.52. The highest BCUT2D eigenvalue weighted by atomic mass is 28.4. The Bertz CT molecular complexity index is 1440. The molecule has 9 heteroatoms. The Morgan fingerprint density at radius 1 is 0.880 bits per heavy atom. The van der Waals surface area contributed by atoms with E-state index in [0.717, 1.165) is 23.3 Å². The minimum Gasteiger partial charge on any atom is -0.497 e. The van der Waals surface area contributed by atoms with Gasteiger partial charge in [0.25, 0.3) is 8.32 Å². The van der Waals surface area contributed by atoms with Crippen LogP contribution in [0.4, 0.5) is 0 Å². The number of ether oxygens (including phenoxy) is 3. The molecule has 0 aliphatic carbocycles. The van der Waals surface area contributed by atoms with Gasteiger partial charge in [-0.2, -0.15) is 0 Å². The summed E-state index contributed by atoms with van der Waals surface area (Å²) in [7, 11) is -3.00. The fourth-order valence-corrected chi connectivity index (χ4v) is 12.9. The fourth-order valence-electron chi connectivity index (χ4n) is 7.14. The van der Waals surface area contributed by atoms with Crippen LogP contribution >= 0.6 is 0 Å². The molecule has 1 N–H and O–H groups in total. The van der Waals surface area contributed by atoms with Crippen molar-refractivity contribution in [2.45, 2.75) is 115 Å². The molecule has 1 aliphatic rings. The lowest BCUT2D eigenvalue weighted by Gasteiger charge is -2.43. The Morgan fingerprint density at radius 3 is 1.90 bits per heavy atom. The smallest absolute Gasteiger partial charge is 0.305 e. The van der Waals surface area contributed by atoms with Crippen molar-refractivity contribution in [3.63, 3.8) is 0 Å². The first-order valence-electron chi connectivity index (χ1n) is 17.9. The summed E-state index contributed by atoms with van der Waals surface area (Å²) < 4.78 is 32.3. The molecule has 4 rings (SSSR count). The molecule has 1 saturated heterocycles. The molecule has 0 bridgehead atoms. The minimum atomic E-state index is -2.71. The lowest BCUT2D eigenvalue weighted by molar-refractivity contribution is -0.139. The molecule has 1 heterocycles. The van der Waals surface area contributed by atoms with E-state index in [4.69, 9.17) is 23.1 Å². The maximum absolute atomic E-state index is 11.7. The number of benzene rings is 3. The summed E-state index contributed by atoms with van der Waals surface area (Å²) in [6.45, 7) is 18.5. The molecule has 50 heavy (non-hydrogen) atoms. The second-order valence-corrected chi connectivity index (χ2v) is 24.3. The van der Waals surface area contributed by atoms with E-state index in [1.807, 2.05) is 24.3 Å². The van der Waals surface area contributed by atoms with E-state index < -0.39 is 28.7 Å². The average molecular weight is 719 g/mol. The number of carbonyl (C=O) groups is 1. The molecule has 0 radical (unpaired) electrons. The SMILES string of the molecule is C=C1CC(CC(CCO[Si](c2ccccc2)(c2ccccc2)C(C)(C)C)OCc2ccc(OC)cc2)OC(CC(CC(=O)O)O[Si](C)(C)C)C1. The molecule has 4 atom stereocenters. The van der Waals surface area contributed by atoms with Crippen molar-refractivity contribution in [1.82, 2.24) is 0 Å². The molecule has 3 aromatic carbocycles. The highest BCUT2D eigenvalue weighted by molar-refractivity contribution is 6.99. The van der Waals surface area contributed by atoms with Gasteiger partial charge in [-0.15, -0.1) is 0 Å². The number of rotatable bonds is 18. The lowest BCUT2D eigenvalue weighted by atomic mass is 9.92. The Balaban J connectivity index is 1.55. The average Bonchev–Trinajstić information content (AvgIpc) is 3.04. The van der Waals surface area contributed by atoms with Crippen molar-refractivity contribution in [3.05, 3.63) is 103 Å². The van der Waals surface area contributed by atoms with Crippen molar-refractivity contribution >= 4 is 33.0 Å². The van der Waals surface area contributed by atoms with Crippen molar-refractivity contribution in [2.75, 3.05) is 13.7 Å². The molecule has 1 aliphatic heterocycles. The highest BCUT2D eigenvalue weighted by Crippen LogP contribution is 2.37. The van der Waals surface area contributed by atoms with E-state index in [0.29, 0.717) is 38.9 Å². The molecule has 7 nitrogen and oxygen atoms in total. The number of hydrogen-bond acceptors (Lipinski definition) is 6. The van der Waals surface area contributed by atoms with Crippen LogP contribution in [0.1, 0.15) is 64.9 Å². The Labute approximate surface area is 302 Å². The molecular weight excluding hydrogens is 661 g/mol. The predicted molar refractivity (Wildman–Crippen MR) is 207 cm³/mol. The second kappa shape index (κ2) is 17.9. The van der Waals surface area contributed by atoms with Gasteiger partial charge in [0.05, 0.1) is 44.6 Å². The van der Waals surface area contributed by atoms with Crippen LogP contribution < -0.4 is 15.1 Å². The molecular formula is C41H58O7Si2. The second-order valence-electron chi connectivity index (χ2n) is 15.5. The Morgan fingerprint density at radius 2 is 1.42 bits per heavy atom. The summed E-state index contributed by atoms with van der Waals surface area (Å²) in [5, 5.41) is 12.0. The van der Waals surface area contributed by atoms with Gasteiger partial charge in [-0.05, 0) is 78.4 Å². The number of hydrogen-bond donors (Lipinski definition) is 1. The number of carboxylic acid groups (broad SMARTS) is 1. The van der Waals surface area contributed by atoms with Gasteiger partial charge in [0.2, 0.25) is 0 Å². The van der Waals surface area contributed by atoms with E-state index >= 15 is 0 Å². The van der Waals surface area contributed by atoms with Gasteiger partial charge >= 0.3 is 5.97 Å². The van der Waals surface area contributed by atoms with E-state index in [-0.39, 0.29) is 29.8 Å². The van der Waals surface area contributed by atoms with Crippen molar-refractivity contribution < 1.29 is 33.0 Å². The van der Waals surface area contributed by atoms with Gasteiger partial charge in [-0.1, -0.05) is 106 Å². The first-order valence-corrected chi connectivity index (χ1v) is 23.2.